The van der Waals surface area contributed by atoms with Gasteiger partial charge in [-0.15, -0.1) is 0 Å². The van der Waals surface area contributed by atoms with Gasteiger partial charge in [-0.05, 0) is 60.7 Å². The van der Waals surface area contributed by atoms with Crippen LogP contribution in [0.25, 0.3) is 28.1 Å². The number of nitrogens with zero attached hydrogens (tertiary/aromatic N) is 1. The monoisotopic (exact) mass is 333 g/mol. The first-order chi connectivity index (χ1) is 12.1. The average Bonchev–Trinajstić information content (AvgIpc) is 2.61. The van der Waals surface area contributed by atoms with Crippen LogP contribution in [0.5, 0.6) is 5.75 Å². The Hall–Kier alpha value is -2.65. The number of aliphatic hydroxyl groups excluding tert-OH is 1. The van der Waals surface area contributed by atoms with Gasteiger partial charge in [-0.3, -0.25) is 4.98 Å². The van der Waals surface area contributed by atoms with Gasteiger partial charge in [0.15, 0.2) is 0 Å². The second-order valence-electron chi connectivity index (χ2n) is 6.37. The number of benzene rings is 2. The predicted octanol–water partition coefficient (Wildman–Crippen LogP) is 5.17. The number of rotatable bonds is 6. The summed E-state index contributed by atoms with van der Waals surface area (Å²) in [6, 6.07) is 16.1. The lowest BCUT2D eigenvalue weighted by Crippen LogP contribution is -1.97. The Labute approximate surface area is 148 Å². The Bertz CT molecular complexity index is 867. The molecule has 3 nitrogen and oxygen atoms in total. The highest BCUT2D eigenvalue weighted by Gasteiger charge is 2.05. The fourth-order valence-corrected chi connectivity index (χ4v) is 2.93. The average molecular weight is 333 g/mol. The Morgan fingerprint density at radius 2 is 2.00 bits per heavy atom. The highest BCUT2D eigenvalue weighted by molar-refractivity contribution is 5.96. The van der Waals surface area contributed by atoms with Crippen molar-refractivity contribution in [2.45, 2.75) is 32.3 Å². The summed E-state index contributed by atoms with van der Waals surface area (Å²) in [5, 5.41) is 21.0. The van der Waals surface area contributed by atoms with Crippen molar-refractivity contribution in [2.24, 2.45) is 0 Å². The number of hydrogen-bond acceptors (Lipinski definition) is 3. The number of pyridine rings is 1. The second-order valence-corrected chi connectivity index (χ2v) is 6.37. The normalized spacial score (nSPS) is 12.7. The van der Waals surface area contributed by atoms with Gasteiger partial charge in [-0.2, -0.15) is 0 Å². The van der Waals surface area contributed by atoms with Crippen LogP contribution in [0.15, 0.2) is 60.8 Å². The molecule has 3 aromatic rings. The van der Waals surface area contributed by atoms with Crippen LogP contribution >= 0.6 is 0 Å². The van der Waals surface area contributed by atoms with E-state index in [1.54, 1.807) is 6.07 Å². The van der Waals surface area contributed by atoms with Crippen molar-refractivity contribution in [1.29, 1.82) is 0 Å². The van der Waals surface area contributed by atoms with E-state index in [2.05, 4.69) is 41.4 Å². The maximum absolute atomic E-state index is 9.42. The van der Waals surface area contributed by atoms with Crippen LogP contribution in [-0.2, 0) is 0 Å². The molecule has 3 heteroatoms. The third-order valence-electron chi connectivity index (χ3n) is 4.23. The van der Waals surface area contributed by atoms with Crippen LogP contribution in [-0.4, -0.2) is 21.3 Å². The molecule has 0 bridgehead atoms. The fraction of sp³-hybridized carbons (Fsp3) is 0.227. The Morgan fingerprint density at radius 3 is 2.76 bits per heavy atom. The molecule has 0 saturated carbocycles. The van der Waals surface area contributed by atoms with Gasteiger partial charge in [0.05, 0.1) is 18.0 Å². The van der Waals surface area contributed by atoms with Gasteiger partial charge in [-0.1, -0.05) is 42.5 Å². The summed E-state index contributed by atoms with van der Waals surface area (Å²) in [6.45, 7) is 1.83. The lowest BCUT2D eigenvalue weighted by molar-refractivity contribution is 0.182. The smallest absolute Gasteiger partial charge is 0.133 e. The van der Waals surface area contributed by atoms with Gasteiger partial charge in [0.25, 0.3) is 0 Å². The number of fused-ring (bicyclic) bond motifs is 1. The van der Waals surface area contributed by atoms with Crippen molar-refractivity contribution in [2.75, 3.05) is 0 Å². The molecule has 3 rings (SSSR count). The summed E-state index contributed by atoms with van der Waals surface area (Å²) in [7, 11) is 0. The van der Waals surface area contributed by atoms with Crippen LogP contribution in [0, 0.1) is 0 Å². The van der Waals surface area contributed by atoms with Crippen molar-refractivity contribution in [3.8, 4) is 17.0 Å². The number of aliphatic hydroxyl groups is 1. The molecule has 2 aromatic carbocycles. The molecule has 0 fully saturated rings. The molecule has 25 heavy (non-hydrogen) atoms. The topological polar surface area (TPSA) is 53.4 Å². The first-order valence-electron chi connectivity index (χ1n) is 8.66. The predicted molar refractivity (Wildman–Crippen MR) is 103 cm³/mol. The highest BCUT2D eigenvalue weighted by atomic mass is 16.3. The largest absolute Gasteiger partial charge is 0.506 e. The van der Waals surface area contributed by atoms with Gasteiger partial charge in [-0.25, -0.2) is 0 Å². The second kappa shape index (κ2) is 7.95. The number of allylic oxidation sites excluding steroid dienone is 1. The van der Waals surface area contributed by atoms with Crippen LogP contribution in [0.1, 0.15) is 31.7 Å². The van der Waals surface area contributed by atoms with Crippen molar-refractivity contribution < 1.29 is 10.2 Å². The summed E-state index contributed by atoms with van der Waals surface area (Å²) in [5.74, 6) is 0.173. The zero-order valence-corrected chi connectivity index (χ0v) is 14.4. The molecule has 1 atom stereocenters. The summed E-state index contributed by atoms with van der Waals surface area (Å²) >= 11 is 0. The van der Waals surface area contributed by atoms with E-state index in [-0.39, 0.29) is 11.9 Å². The lowest BCUT2D eigenvalue weighted by Gasteiger charge is -2.07. The van der Waals surface area contributed by atoms with Crippen molar-refractivity contribution >= 4 is 16.8 Å². The van der Waals surface area contributed by atoms with E-state index >= 15 is 0 Å². The third-order valence-corrected chi connectivity index (χ3v) is 4.23. The van der Waals surface area contributed by atoms with Crippen LogP contribution in [0.2, 0.25) is 0 Å². The maximum atomic E-state index is 9.42. The summed E-state index contributed by atoms with van der Waals surface area (Å²) < 4.78 is 0. The zero-order valence-electron chi connectivity index (χ0n) is 14.4. The molecule has 1 aromatic heterocycles. The van der Waals surface area contributed by atoms with Gasteiger partial charge in [0, 0.05) is 5.56 Å². The molecule has 1 unspecified atom stereocenters. The van der Waals surface area contributed by atoms with Crippen LogP contribution in [0.3, 0.4) is 0 Å². The molecule has 0 saturated heterocycles. The van der Waals surface area contributed by atoms with E-state index in [1.165, 1.54) is 17.1 Å². The third kappa shape index (κ3) is 4.46. The lowest BCUT2D eigenvalue weighted by atomic mass is 9.99. The standard InChI is InChI=1S/C22H23NO2/c1-16(24)6-3-2-4-7-17-10-12-20-18(14-17)8-5-9-21(20)22-13-11-19(25)15-23-22/h4-5,7-16,24-25H,2-3,6H2,1H3. The first kappa shape index (κ1) is 17.2. The van der Waals surface area contributed by atoms with Gasteiger partial charge >= 0.3 is 0 Å². The Kier molecular flexibility index (Phi) is 5.46. The van der Waals surface area contributed by atoms with E-state index in [0.29, 0.717) is 0 Å². The molecule has 0 amide bonds. The van der Waals surface area contributed by atoms with Crippen LogP contribution in [0.4, 0.5) is 0 Å². The molecular weight excluding hydrogens is 310 g/mol. The highest BCUT2D eigenvalue weighted by Crippen LogP contribution is 2.29. The molecule has 0 radical (unpaired) electrons. The maximum Gasteiger partial charge on any atom is 0.133 e. The van der Waals surface area contributed by atoms with Crippen molar-refractivity contribution in [1.82, 2.24) is 4.98 Å². The summed E-state index contributed by atoms with van der Waals surface area (Å²) in [6.07, 6.45) is 8.35. The van der Waals surface area contributed by atoms with Crippen molar-refractivity contribution in [3.63, 3.8) is 0 Å². The molecule has 128 valence electrons. The van der Waals surface area contributed by atoms with Gasteiger partial charge < -0.3 is 10.2 Å². The minimum Gasteiger partial charge on any atom is -0.506 e. The quantitative estimate of drug-likeness (QED) is 0.612. The van der Waals surface area contributed by atoms with E-state index in [4.69, 9.17) is 0 Å². The molecule has 2 N–H and O–H groups in total. The van der Waals surface area contributed by atoms with E-state index in [9.17, 15) is 10.2 Å². The fourth-order valence-electron chi connectivity index (χ4n) is 2.93. The Morgan fingerprint density at radius 1 is 1.12 bits per heavy atom. The molecule has 0 aliphatic heterocycles. The van der Waals surface area contributed by atoms with E-state index < -0.39 is 0 Å². The van der Waals surface area contributed by atoms with Gasteiger partial charge in [0.2, 0.25) is 0 Å². The molecule has 0 aliphatic rings. The molecular formula is C22H23NO2. The molecule has 1 heterocycles. The Balaban J connectivity index is 1.82. The summed E-state index contributed by atoms with van der Waals surface area (Å²) in [5.41, 5.74) is 3.08. The van der Waals surface area contributed by atoms with E-state index in [1.807, 2.05) is 25.1 Å². The molecule has 0 aliphatic carbocycles. The SMILES string of the molecule is CC(O)CCCC=Cc1ccc2c(-c3ccc(O)cn3)cccc2c1. The van der Waals surface area contributed by atoms with Gasteiger partial charge in [0.1, 0.15) is 5.75 Å². The number of aromatic nitrogens is 1. The molecule has 0 spiro atoms. The number of hydrogen-bond donors (Lipinski definition) is 2. The van der Waals surface area contributed by atoms with Crippen LogP contribution < -0.4 is 0 Å². The summed E-state index contributed by atoms with van der Waals surface area (Å²) in [4.78, 5) is 4.32. The van der Waals surface area contributed by atoms with Crippen molar-refractivity contribution in [3.05, 3.63) is 66.4 Å². The first-order valence-corrected chi connectivity index (χ1v) is 8.66. The number of unbranched alkanes of at least 4 members (excludes halogenated alkanes) is 1. The minimum absolute atomic E-state index is 0.173. The minimum atomic E-state index is -0.221. The zero-order chi connectivity index (χ0) is 17.6. The van der Waals surface area contributed by atoms with E-state index in [0.717, 1.165) is 35.9 Å². The number of aromatic hydroxyl groups is 1.